The topological polar surface area (TPSA) is 60.2 Å². The lowest BCUT2D eigenvalue weighted by Gasteiger charge is -2.21. The van der Waals surface area contributed by atoms with Crippen LogP contribution < -0.4 is 9.64 Å². The molecule has 0 N–H and O–H groups in total. The maximum absolute atomic E-state index is 12.9. The Labute approximate surface area is 177 Å². The normalized spacial score (nSPS) is 12.8. The number of methoxy groups -OCH3 is 1. The molecule has 0 spiro atoms. The highest BCUT2D eigenvalue weighted by Crippen LogP contribution is 2.36. The summed E-state index contributed by atoms with van der Waals surface area (Å²) in [6, 6.07) is 11.8. The molecule has 0 radical (unpaired) electrons. The van der Waals surface area contributed by atoms with Crippen LogP contribution in [0, 0.1) is 6.92 Å². The Bertz CT molecular complexity index is 1040. The van der Waals surface area contributed by atoms with Gasteiger partial charge in [0.1, 0.15) is 11.6 Å². The highest BCUT2D eigenvalue weighted by molar-refractivity contribution is 5.97. The summed E-state index contributed by atoms with van der Waals surface area (Å²) in [6.07, 6.45) is 6.17. The number of carbonyl (C=O) groups excluding carboxylic acids is 1. The van der Waals surface area contributed by atoms with E-state index in [-0.39, 0.29) is 5.91 Å². The van der Waals surface area contributed by atoms with Crippen molar-refractivity contribution in [1.82, 2.24) is 14.8 Å². The van der Waals surface area contributed by atoms with Crippen LogP contribution in [0.3, 0.4) is 0 Å². The second-order valence-electron chi connectivity index (χ2n) is 7.65. The van der Waals surface area contributed by atoms with Crippen LogP contribution in [-0.2, 0) is 11.2 Å². The number of carbonyl (C=O) groups is 1. The van der Waals surface area contributed by atoms with Crippen molar-refractivity contribution in [3.63, 3.8) is 0 Å². The molecule has 0 saturated carbocycles. The smallest absolute Gasteiger partial charge is 0.228 e. The first-order valence-electron chi connectivity index (χ1n) is 10.6. The summed E-state index contributed by atoms with van der Waals surface area (Å²) < 4.78 is 7.25. The molecule has 1 amide bonds. The standard InChI is InChI=1S/C24H28N4O2/c1-4-5-6-9-22(29)27-16-14-20-17(2)28(18-10-12-19(30-3)13-11-18)26-23(20)21-8-7-15-25-24(21)27/h7-8,10-13,15H,4-6,9,14,16H2,1-3H3. The SMILES string of the molecule is CCCCCC(=O)N1CCc2c(nn(-c3ccc(OC)cc3)c2C)-c2cccnc21. The molecule has 0 fully saturated rings. The highest BCUT2D eigenvalue weighted by Gasteiger charge is 2.28. The lowest BCUT2D eigenvalue weighted by atomic mass is 10.1. The van der Waals surface area contributed by atoms with Crippen molar-refractivity contribution in [3.05, 3.63) is 53.9 Å². The number of rotatable bonds is 6. The summed E-state index contributed by atoms with van der Waals surface area (Å²) in [5.41, 5.74) is 5.08. The van der Waals surface area contributed by atoms with E-state index in [0.29, 0.717) is 13.0 Å². The quantitative estimate of drug-likeness (QED) is 0.558. The summed E-state index contributed by atoms with van der Waals surface area (Å²) in [6.45, 7) is 4.86. The number of ether oxygens (including phenoxy) is 1. The van der Waals surface area contributed by atoms with Gasteiger partial charge in [-0.1, -0.05) is 19.8 Å². The van der Waals surface area contributed by atoms with E-state index in [1.54, 1.807) is 13.3 Å². The van der Waals surface area contributed by atoms with E-state index in [1.807, 2.05) is 46.0 Å². The molecule has 0 bridgehead atoms. The van der Waals surface area contributed by atoms with Crippen LogP contribution in [-0.4, -0.2) is 34.3 Å². The molecule has 6 nitrogen and oxygen atoms in total. The summed E-state index contributed by atoms with van der Waals surface area (Å²) >= 11 is 0. The van der Waals surface area contributed by atoms with Crippen molar-refractivity contribution in [2.75, 3.05) is 18.6 Å². The largest absolute Gasteiger partial charge is 0.497 e. The van der Waals surface area contributed by atoms with Crippen molar-refractivity contribution < 1.29 is 9.53 Å². The van der Waals surface area contributed by atoms with Gasteiger partial charge in [0.15, 0.2) is 0 Å². The molecule has 2 aromatic heterocycles. The minimum absolute atomic E-state index is 0.147. The first-order chi connectivity index (χ1) is 14.6. The molecule has 1 aliphatic heterocycles. The van der Waals surface area contributed by atoms with Crippen LogP contribution in [0.1, 0.15) is 43.9 Å². The van der Waals surface area contributed by atoms with E-state index >= 15 is 0 Å². The van der Waals surface area contributed by atoms with E-state index < -0.39 is 0 Å². The lowest BCUT2D eigenvalue weighted by Crippen LogP contribution is -2.33. The van der Waals surface area contributed by atoms with Gasteiger partial charge in [0.2, 0.25) is 5.91 Å². The van der Waals surface area contributed by atoms with E-state index in [9.17, 15) is 4.79 Å². The number of hydrogen-bond acceptors (Lipinski definition) is 4. The Hall–Kier alpha value is -3.15. The summed E-state index contributed by atoms with van der Waals surface area (Å²) in [5.74, 6) is 1.68. The first kappa shape index (κ1) is 20.1. The number of unbranched alkanes of at least 4 members (excludes halogenated alkanes) is 2. The van der Waals surface area contributed by atoms with Crippen LogP contribution in [0.15, 0.2) is 42.6 Å². The van der Waals surface area contributed by atoms with Gasteiger partial charge in [-0.05, 0) is 56.2 Å². The van der Waals surface area contributed by atoms with Crippen molar-refractivity contribution in [1.29, 1.82) is 0 Å². The highest BCUT2D eigenvalue weighted by atomic mass is 16.5. The Morgan fingerprint density at radius 3 is 2.70 bits per heavy atom. The average molecular weight is 405 g/mol. The third kappa shape index (κ3) is 3.70. The number of hydrogen-bond donors (Lipinski definition) is 0. The maximum atomic E-state index is 12.9. The number of nitrogens with zero attached hydrogens (tertiary/aromatic N) is 4. The third-order valence-electron chi connectivity index (χ3n) is 5.74. The minimum Gasteiger partial charge on any atom is -0.497 e. The fourth-order valence-electron chi connectivity index (χ4n) is 4.06. The van der Waals surface area contributed by atoms with Gasteiger partial charge >= 0.3 is 0 Å². The second kappa shape index (κ2) is 8.69. The molecule has 1 aromatic carbocycles. The molecule has 0 aliphatic carbocycles. The van der Waals surface area contributed by atoms with Gasteiger partial charge in [-0.2, -0.15) is 5.10 Å². The zero-order valence-corrected chi connectivity index (χ0v) is 17.9. The van der Waals surface area contributed by atoms with Gasteiger partial charge in [0.05, 0.1) is 18.5 Å². The van der Waals surface area contributed by atoms with Crippen molar-refractivity contribution in [2.45, 2.75) is 46.0 Å². The summed E-state index contributed by atoms with van der Waals surface area (Å²) in [4.78, 5) is 19.4. The predicted molar refractivity (Wildman–Crippen MR) is 118 cm³/mol. The third-order valence-corrected chi connectivity index (χ3v) is 5.74. The second-order valence-corrected chi connectivity index (χ2v) is 7.65. The Morgan fingerprint density at radius 1 is 1.17 bits per heavy atom. The number of amides is 1. The maximum Gasteiger partial charge on any atom is 0.228 e. The molecule has 1 aliphatic rings. The summed E-state index contributed by atoms with van der Waals surface area (Å²) in [7, 11) is 1.66. The van der Waals surface area contributed by atoms with Crippen molar-refractivity contribution in [3.8, 4) is 22.7 Å². The number of aromatic nitrogens is 3. The first-order valence-corrected chi connectivity index (χ1v) is 10.6. The van der Waals surface area contributed by atoms with E-state index in [1.165, 1.54) is 5.56 Å². The molecule has 0 saturated heterocycles. The Balaban J connectivity index is 1.72. The summed E-state index contributed by atoms with van der Waals surface area (Å²) in [5, 5.41) is 4.94. The van der Waals surface area contributed by atoms with Crippen LogP contribution in [0.4, 0.5) is 5.82 Å². The average Bonchev–Trinajstić information content (AvgIpc) is 3.00. The molecule has 6 heteroatoms. The van der Waals surface area contributed by atoms with E-state index in [2.05, 4.69) is 18.8 Å². The zero-order valence-electron chi connectivity index (χ0n) is 17.9. The molecule has 0 unspecified atom stereocenters. The minimum atomic E-state index is 0.147. The van der Waals surface area contributed by atoms with Crippen LogP contribution in [0.2, 0.25) is 0 Å². The Kier molecular flexibility index (Phi) is 5.84. The number of pyridine rings is 1. The van der Waals surface area contributed by atoms with Crippen molar-refractivity contribution >= 4 is 11.7 Å². The molecule has 30 heavy (non-hydrogen) atoms. The van der Waals surface area contributed by atoms with E-state index in [4.69, 9.17) is 9.84 Å². The van der Waals surface area contributed by atoms with Crippen LogP contribution in [0.5, 0.6) is 5.75 Å². The molecule has 156 valence electrons. The van der Waals surface area contributed by atoms with Gasteiger partial charge in [-0.3, -0.25) is 9.69 Å². The number of anilines is 1. The molecular weight excluding hydrogens is 376 g/mol. The fraction of sp³-hybridized carbons (Fsp3) is 0.375. The van der Waals surface area contributed by atoms with Gasteiger partial charge < -0.3 is 4.74 Å². The molecular formula is C24H28N4O2. The number of benzene rings is 1. The van der Waals surface area contributed by atoms with Gasteiger partial charge in [-0.15, -0.1) is 0 Å². The van der Waals surface area contributed by atoms with E-state index in [0.717, 1.165) is 59.9 Å². The molecule has 3 aromatic rings. The van der Waals surface area contributed by atoms with Gasteiger partial charge in [0, 0.05) is 36.0 Å². The molecule has 4 rings (SSSR count). The zero-order chi connectivity index (χ0) is 21.1. The Morgan fingerprint density at radius 2 is 1.97 bits per heavy atom. The monoisotopic (exact) mass is 404 g/mol. The number of fused-ring (bicyclic) bond motifs is 3. The predicted octanol–water partition coefficient (Wildman–Crippen LogP) is 4.72. The molecule has 0 atom stereocenters. The fourth-order valence-corrected chi connectivity index (χ4v) is 4.06. The van der Waals surface area contributed by atoms with Crippen LogP contribution >= 0.6 is 0 Å². The van der Waals surface area contributed by atoms with Gasteiger partial charge in [-0.25, -0.2) is 9.67 Å². The van der Waals surface area contributed by atoms with Crippen molar-refractivity contribution in [2.24, 2.45) is 0 Å². The van der Waals surface area contributed by atoms with Crippen LogP contribution in [0.25, 0.3) is 16.9 Å². The molecule has 3 heterocycles. The lowest BCUT2D eigenvalue weighted by molar-refractivity contribution is -0.118. The van der Waals surface area contributed by atoms with Gasteiger partial charge in [0.25, 0.3) is 0 Å².